The highest BCUT2D eigenvalue weighted by Crippen LogP contribution is 2.27. The molecule has 0 fully saturated rings. The van der Waals surface area contributed by atoms with Crippen LogP contribution in [0.1, 0.15) is 16.7 Å². The van der Waals surface area contributed by atoms with Gasteiger partial charge < -0.3 is 0 Å². The van der Waals surface area contributed by atoms with Gasteiger partial charge in [0.25, 0.3) is 0 Å². The maximum atomic E-state index is 2.26. The summed E-state index contributed by atoms with van der Waals surface area (Å²) >= 11 is 0. The molecule has 4 aromatic carbocycles. The SMILES string of the molecule is C(=C(c1ccccc1)c1ccccc1)c1ccc(-c2ccccc2)cc1. The maximum Gasteiger partial charge on any atom is -0.0105 e. The van der Waals surface area contributed by atoms with Gasteiger partial charge in [-0.1, -0.05) is 115 Å². The fourth-order valence-electron chi connectivity index (χ4n) is 3.14. The summed E-state index contributed by atoms with van der Waals surface area (Å²) in [6.07, 6.45) is 2.26. The van der Waals surface area contributed by atoms with Crippen LogP contribution in [0.15, 0.2) is 115 Å². The first-order chi connectivity index (χ1) is 12.9. The van der Waals surface area contributed by atoms with Crippen LogP contribution in [0.3, 0.4) is 0 Å². The van der Waals surface area contributed by atoms with Crippen molar-refractivity contribution in [3.63, 3.8) is 0 Å². The minimum Gasteiger partial charge on any atom is -0.0622 e. The molecule has 0 aliphatic rings. The first-order valence-corrected chi connectivity index (χ1v) is 8.88. The quantitative estimate of drug-likeness (QED) is 0.355. The molecule has 0 N–H and O–H groups in total. The largest absolute Gasteiger partial charge is 0.0622 e. The third-order valence-electron chi connectivity index (χ3n) is 4.50. The zero-order chi connectivity index (χ0) is 17.6. The molecule has 0 aliphatic heterocycles. The van der Waals surface area contributed by atoms with Crippen molar-refractivity contribution >= 4 is 11.6 Å². The van der Waals surface area contributed by atoms with E-state index >= 15 is 0 Å². The predicted molar refractivity (Wildman–Crippen MR) is 112 cm³/mol. The molecule has 0 heteroatoms. The number of hydrogen-bond acceptors (Lipinski definition) is 0. The van der Waals surface area contributed by atoms with Crippen LogP contribution in [0.4, 0.5) is 0 Å². The van der Waals surface area contributed by atoms with Gasteiger partial charge in [-0.05, 0) is 39.5 Å². The normalized spacial score (nSPS) is 10.3. The summed E-state index contributed by atoms with van der Waals surface area (Å²) < 4.78 is 0. The molecular formula is C26H20. The molecule has 0 saturated carbocycles. The van der Waals surface area contributed by atoms with Crippen LogP contribution < -0.4 is 0 Å². The fraction of sp³-hybridized carbons (Fsp3) is 0. The van der Waals surface area contributed by atoms with E-state index in [4.69, 9.17) is 0 Å². The van der Waals surface area contributed by atoms with Gasteiger partial charge in [-0.15, -0.1) is 0 Å². The van der Waals surface area contributed by atoms with Crippen molar-refractivity contribution in [1.29, 1.82) is 0 Å². The van der Waals surface area contributed by atoms with E-state index in [2.05, 4.69) is 115 Å². The Balaban J connectivity index is 1.73. The fourth-order valence-corrected chi connectivity index (χ4v) is 3.14. The van der Waals surface area contributed by atoms with Gasteiger partial charge in [-0.3, -0.25) is 0 Å². The molecule has 0 spiro atoms. The van der Waals surface area contributed by atoms with E-state index in [1.165, 1.54) is 33.4 Å². The molecule has 0 saturated heterocycles. The lowest BCUT2D eigenvalue weighted by Gasteiger charge is -2.09. The van der Waals surface area contributed by atoms with Crippen molar-refractivity contribution in [2.45, 2.75) is 0 Å². The van der Waals surface area contributed by atoms with Crippen LogP contribution in [0.5, 0.6) is 0 Å². The van der Waals surface area contributed by atoms with Gasteiger partial charge in [0.2, 0.25) is 0 Å². The lowest BCUT2D eigenvalue weighted by Crippen LogP contribution is -1.88. The summed E-state index contributed by atoms with van der Waals surface area (Å²) in [6, 6.07) is 40.4. The van der Waals surface area contributed by atoms with E-state index in [1.54, 1.807) is 0 Å². The summed E-state index contributed by atoms with van der Waals surface area (Å²) in [6.45, 7) is 0. The summed E-state index contributed by atoms with van der Waals surface area (Å²) in [5, 5.41) is 0. The Kier molecular flexibility index (Phi) is 4.75. The van der Waals surface area contributed by atoms with Crippen LogP contribution in [-0.2, 0) is 0 Å². The van der Waals surface area contributed by atoms with Gasteiger partial charge >= 0.3 is 0 Å². The number of benzene rings is 4. The Morgan fingerprint density at radius 3 is 1.35 bits per heavy atom. The summed E-state index contributed by atoms with van der Waals surface area (Å²) in [5.41, 5.74) is 7.38. The van der Waals surface area contributed by atoms with Crippen LogP contribution in [0, 0.1) is 0 Å². The maximum absolute atomic E-state index is 2.26. The van der Waals surface area contributed by atoms with Gasteiger partial charge in [-0.25, -0.2) is 0 Å². The molecular weight excluding hydrogens is 312 g/mol. The van der Waals surface area contributed by atoms with Gasteiger partial charge in [0.05, 0.1) is 0 Å². The average molecular weight is 332 g/mol. The molecule has 0 unspecified atom stereocenters. The van der Waals surface area contributed by atoms with Crippen molar-refractivity contribution < 1.29 is 0 Å². The minimum absolute atomic E-state index is 1.20. The molecule has 0 heterocycles. The Bertz CT molecular complexity index is 939. The molecule has 0 nitrogen and oxygen atoms in total. The highest BCUT2D eigenvalue weighted by Gasteiger charge is 2.05. The molecule has 0 amide bonds. The van der Waals surface area contributed by atoms with Crippen LogP contribution in [-0.4, -0.2) is 0 Å². The molecule has 0 aromatic heterocycles. The molecule has 0 radical (unpaired) electrons. The van der Waals surface area contributed by atoms with E-state index in [-0.39, 0.29) is 0 Å². The molecule has 0 bridgehead atoms. The Morgan fingerprint density at radius 1 is 0.423 bits per heavy atom. The van der Waals surface area contributed by atoms with Crippen molar-refractivity contribution in [3.8, 4) is 11.1 Å². The van der Waals surface area contributed by atoms with Gasteiger partial charge in [0.1, 0.15) is 0 Å². The average Bonchev–Trinajstić information content (AvgIpc) is 2.74. The van der Waals surface area contributed by atoms with Crippen molar-refractivity contribution in [3.05, 3.63) is 132 Å². The third-order valence-corrected chi connectivity index (χ3v) is 4.50. The summed E-state index contributed by atoms with van der Waals surface area (Å²) in [5.74, 6) is 0. The van der Waals surface area contributed by atoms with Gasteiger partial charge in [-0.2, -0.15) is 0 Å². The first kappa shape index (κ1) is 16.1. The zero-order valence-corrected chi connectivity index (χ0v) is 14.5. The zero-order valence-electron chi connectivity index (χ0n) is 14.5. The van der Waals surface area contributed by atoms with Gasteiger partial charge in [0, 0.05) is 0 Å². The minimum atomic E-state index is 1.20. The third kappa shape index (κ3) is 3.65. The summed E-state index contributed by atoms with van der Waals surface area (Å²) in [7, 11) is 0. The molecule has 0 atom stereocenters. The van der Waals surface area contributed by atoms with E-state index in [1.807, 2.05) is 6.07 Å². The molecule has 26 heavy (non-hydrogen) atoms. The standard InChI is InChI=1S/C26H20/c1-4-10-22(11-5-1)23-18-16-21(17-19-23)20-26(24-12-6-2-7-13-24)25-14-8-3-9-15-25/h1-20H. The lowest BCUT2D eigenvalue weighted by molar-refractivity contribution is 1.55. The predicted octanol–water partition coefficient (Wildman–Crippen LogP) is 6.94. The van der Waals surface area contributed by atoms with Crippen molar-refractivity contribution in [2.75, 3.05) is 0 Å². The first-order valence-electron chi connectivity index (χ1n) is 8.88. The Labute approximate surface area is 155 Å². The van der Waals surface area contributed by atoms with Crippen LogP contribution in [0.2, 0.25) is 0 Å². The highest BCUT2D eigenvalue weighted by molar-refractivity contribution is 5.91. The second kappa shape index (κ2) is 7.67. The molecule has 124 valence electrons. The van der Waals surface area contributed by atoms with E-state index in [0.717, 1.165) is 0 Å². The Morgan fingerprint density at radius 2 is 0.846 bits per heavy atom. The van der Waals surface area contributed by atoms with E-state index < -0.39 is 0 Å². The smallest absolute Gasteiger partial charge is 0.0105 e. The summed E-state index contributed by atoms with van der Waals surface area (Å²) in [4.78, 5) is 0. The topological polar surface area (TPSA) is 0 Å². The number of hydrogen-bond donors (Lipinski definition) is 0. The molecule has 0 aliphatic carbocycles. The number of rotatable bonds is 4. The van der Waals surface area contributed by atoms with Crippen molar-refractivity contribution in [2.24, 2.45) is 0 Å². The van der Waals surface area contributed by atoms with Crippen LogP contribution >= 0.6 is 0 Å². The second-order valence-electron chi connectivity index (χ2n) is 6.28. The molecule has 4 rings (SSSR count). The molecule has 4 aromatic rings. The van der Waals surface area contributed by atoms with Gasteiger partial charge in [0.15, 0.2) is 0 Å². The highest BCUT2D eigenvalue weighted by atomic mass is 14.1. The lowest BCUT2D eigenvalue weighted by atomic mass is 9.95. The monoisotopic (exact) mass is 332 g/mol. The Hall–Kier alpha value is -3.38. The van der Waals surface area contributed by atoms with E-state index in [0.29, 0.717) is 0 Å². The van der Waals surface area contributed by atoms with E-state index in [9.17, 15) is 0 Å². The van der Waals surface area contributed by atoms with Crippen LogP contribution in [0.25, 0.3) is 22.8 Å². The second-order valence-corrected chi connectivity index (χ2v) is 6.28. The van der Waals surface area contributed by atoms with Crippen molar-refractivity contribution in [1.82, 2.24) is 0 Å².